The molecule has 4 nitrogen and oxygen atoms in total. The van der Waals surface area contributed by atoms with Crippen LogP contribution in [0.15, 0.2) is 51.7 Å². The maximum Gasteiger partial charge on any atom is 0.343 e. The summed E-state index contributed by atoms with van der Waals surface area (Å²) in [6.07, 6.45) is 0. The lowest BCUT2D eigenvalue weighted by Gasteiger charge is -2.07. The third-order valence-electron chi connectivity index (χ3n) is 3.16. The fourth-order valence-electron chi connectivity index (χ4n) is 2.19. The van der Waals surface area contributed by atoms with Crippen LogP contribution in [0.5, 0.6) is 0 Å². The molecule has 2 aromatic carbocycles. The number of rotatable bonds is 2. The van der Waals surface area contributed by atoms with E-state index < -0.39 is 22.8 Å². The molecule has 0 fully saturated rings. The van der Waals surface area contributed by atoms with Crippen molar-refractivity contribution in [1.82, 2.24) is 0 Å². The van der Waals surface area contributed by atoms with Crippen LogP contribution in [0.1, 0.15) is 10.4 Å². The zero-order chi connectivity index (χ0) is 15.9. The SMILES string of the molecule is O=C(O)c1c(-c2cccc(F)c2)oc2cc(Cl)ccc2c1=O. The Morgan fingerprint density at radius 3 is 2.64 bits per heavy atom. The molecule has 0 aliphatic heterocycles. The van der Waals surface area contributed by atoms with Gasteiger partial charge in [-0.15, -0.1) is 0 Å². The second kappa shape index (κ2) is 5.27. The molecule has 0 amide bonds. The van der Waals surface area contributed by atoms with Crippen LogP contribution >= 0.6 is 11.6 Å². The zero-order valence-corrected chi connectivity index (χ0v) is 11.7. The number of benzene rings is 2. The molecule has 0 saturated heterocycles. The summed E-state index contributed by atoms with van der Waals surface area (Å²) >= 11 is 5.86. The van der Waals surface area contributed by atoms with Crippen molar-refractivity contribution >= 4 is 28.5 Å². The van der Waals surface area contributed by atoms with Crippen LogP contribution in [-0.2, 0) is 0 Å². The Labute approximate surface area is 128 Å². The molecule has 3 aromatic rings. The van der Waals surface area contributed by atoms with Crippen molar-refractivity contribution in [1.29, 1.82) is 0 Å². The minimum Gasteiger partial charge on any atom is -0.477 e. The number of carboxylic acid groups (broad SMARTS) is 1. The zero-order valence-electron chi connectivity index (χ0n) is 11.0. The molecule has 0 saturated carbocycles. The van der Waals surface area contributed by atoms with Gasteiger partial charge in [-0.05, 0) is 24.3 Å². The predicted molar refractivity (Wildman–Crippen MR) is 79.8 cm³/mol. The topological polar surface area (TPSA) is 67.5 Å². The normalized spacial score (nSPS) is 10.8. The molecule has 0 unspecified atom stereocenters. The Kier molecular flexibility index (Phi) is 3.42. The third-order valence-corrected chi connectivity index (χ3v) is 3.39. The summed E-state index contributed by atoms with van der Waals surface area (Å²) in [6, 6.07) is 9.44. The molecule has 6 heteroatoms. The molecule has 1 N–H and O–H groups in total. The highest BCUT2D eigenvalue weighted by atomic mass is 35.5. The van der Waals surface area contributed by atoms with Gasteiger partial charge < -0.3 is 9.52 Å². The van der Waals surface area contributed by atoms with Crippen LogP contribution in [0.2, 0.25) is 5.02 Å². The van der Waals surface area contributed by atoms with Crippen LogP contribution in [0, 0.1) is 5.82 Å². The van der Waals surface area contributed by atoms with Crippen molar-refractivity contribution < 1.29 is 18.7 Å². The van der Waals surface area contributed by atoms with E-state index in [-0.39, 0.29) is 22.3 Å². The second-order valence-corrected chi connectivity index (χ2v) is 5.03. The van der Waals surface area contributed by atoms with E-state index in [2.05, 4.69) is 0 Å². The Balaban J connectivity index is 2.44. The van der Waals surface area contributed by atoms with Crippen molar-refractivity contribution in [2.24, 2.45) is 0 Å². The number of hydrogen-bond donors (Lipinski definition) is 1. The molecular formula is C16H8ClFO4. The van der Waals surface area contributed by atoms with Gasteiger partial charge in [-0.25, -0.2) is 9.18 Å². The summed E-state index contributed by atoms with van der Waals surface area (Å²) in [5, 5.41) is 9.75. The molecule has 110 valence electrons. The highest BCUT2D eigenvalue weighted by Crippen LogP contribution is 2.27. The van der Waals surface area contributed by atoms with E-state index in [0.29, 0.717) is 5.02 Å². The van der Waals surface area contributed by atoms with E-state index in [1.54, 1.807) is 0 Å². The van der Waals surface area contributed by atoms with Crippen LogP contribution in [0.3, 0.4) is 0 Å². The van der Waals surface area contributed by atoms with E-state index >= 15 is 0 Å². The Hall–Kier alpha value is -2.66. The van der Waals surface area contributed by atoms with Gasteiger partial charge in [-0.2, -0.15) is 0 Å². The van der Waals surface area contributed by atoms with Gasteiger partial charge in [0.2, 0.25) is 5.43 Å². The number of carboxylic acids is 1. The average Bonchev–Trinajstić information content (AvgIpc) is 2.46. The maximum absolute atomic E-state index is 13.4. The molecule has 1 aromatic heterocycles. The third kappa shape index (κ3) is 2.35. The van der Waals surface area contributed by atoms with E-state index in [1.165, 1.54) is 36.4 Å². The molecule has 0 aliphatic carbocycles. The average molecular weight is 319 g/mol. The molecule has 22 heavy (non-hydrogen) atoms. The first-order chi connectivity index (χ1) is 10.5. The first-order valence-corrected chi connectivity index (χ1v) is 6.61. The molecule has 0 bridgehead atoms. The van der Waals surface area contributed by atoms with Crippen LogP contribution in [0.4, 0.5) is 4.39 Å². The fraction of sp³-hybridized carbons (Fsp3) is 0. The van der Waals surface area contributed by atoms with Gasteiger partial charge in [-0.3, -0.25) is 4.79 Å². The summed E-state index contributed by atoms with van der Waals surface area (Å²) in [5.41, 5.74) is -0.941. The summed E-state index contributed by atoms with van der Waals surface area (Å²) in [6.45, 7) is 0. The number of carbonyl (C=O) groups is 1. The number of hydrogen-bond acceptors (Lipinski definition) is 3. The Bertz CT molecular complexity index is 962. The first kappa shape index (κ1) is 14.3. The molecule has 0 spiro atoms. The lowest BCUT2D eigenvalue weighted by atomic mass is 10.0. The van der Waals surface area contributed by atoms with Crippen molar-refractivity contribution in [2.75, 3.05) is 0 Å². The van der Waals surface area contributed by atoms with E-state index in [0.717, 1.165) is 6.07 Å². The van der Waals surface area contributed by atoms with Crippen molar-refractivity contribution in [2.45, 2.75) is 0 Å². The van der Waals surface area contributed by atoms with Gasteiger partial charge in [0.15, 0.2) is 11.3 Å². The molecule has 0 radical (unpaired) electrons. The predicted octanol–water partition coefficient (Wildman–Crippen LogP) is 3.95. The van der Waals surface area contributed by atoms with E-state index in [1.807, 2.05) is 0 Å². The van der Waals surface area contributed by atoms with Crippen LogP contribution in [0.25, 0.3) is 22.3 Å². The Morgan fingerprint density at radius 2 is 1.95 bits per heavy atom. The standard InChI is InChI=1S/C16H8ClFO4/c17-9-4-5-11-12(7-9)22-15(13(14(11)19)16(20)21)8-2-1-3-10(18)6-8/h1-7H,(H,20,21). The summed E-state index contributed by atoms with van der Waals surface area (Å²) in [5.74, 6) is -2.21. The quantitative estimate of drug-likeness (QED) is 0.777. The minimum absolute atomic E-state index is 0.0990. The van der Waals surface area contributed by atoms with Gasteiger partial charge >= 0.3 is 5.97 Å². The van der Waals surface area contributed by atoms with Crippen molar-refractivity contribution in [3.63, 3.8) is 0 Å². The number of aromatic carboxylic acids is 1. The van der Waals surface area contributed by atoms with Crippen LogP contribution in [-0.4, -0.2) is 11.1 Å². The van der Waals surface area contributed by atoms with E-state index in [4.69, 9.17) is 16.0 Å². The monoisotopic (exact) mass is 318 g/mol. The molecular weight excluding hydrogens is 311 g/mol. The summed E-state index contributed by atoms with van der Waals surface area (Å²) < 4.78 is 18.9. The largest absolute Gasteiger partial charge is 0.477 e. The number of halogens is 2. The minimum atomic E-state index is -1.44. The second-order valence-electron chi connectivity index (χ2n) is 4.59. The summed E-state index contributed by atoms with van der Waals surface area (Å²) in [7, 11) is 0. The van der Waals surface area contributed by atoms with Gasteiger partial charge in [0.1, 0.15) is 11.4 Å². The maximum atomic E-state index is 13.4. The van der Waals surface area contributed by atoms with Crippen molar-refractivity contribution in [3.05, 3.63) is 69.1 Å². The lowest BCUT2D eigenvalue weighted by molar-refractivity contribution is 0.0694. The Morgan fingerprint density at radius 1 is 1.18 bits per heavy atom. The highest BCUT2D eigenvalue weighted by Gasteiger charge is 2.22. The van der Waals surface area contributed by atoms with Crippen molar-refractivity contribution in [3.8, 4) is 11.3 Å². The molecule has 1 heterocycles. The molecule has 0 atom stereocenters. The fourth-order valence-corrected chi connectivity index (χ4v) is 2.36. The van der Waals surface area contributed by atoms with E-state index in [9.17, 15) is 19.1 Å². The van der Waals surface area contributed by atoms with Gasteiger partial charge in [0, 0.05) is 16.7 Å². The molecule has 3 rings (SSSR count). The molecule has 0 aliphatic rings. The van der Waals surface area contributed by atoms with Crippen LogP contribution < -0.4 is 5.43 Å². The van der Waals surface area contributed by atoms with Gasteiger partial charge in [0.25, 0.3) is 0 Å². The van der Waals surface area contributed by atoms with Gasteiger partial charge in [0.05, 0.1) is 5.39 Å². The highest BCUT2D eigenvalue weighted by molar-refractivity contribution is 6.31. The van der Waals surface area contributed by atoms with Gasteiger partial charge in [-0.1, -0.05) is 23.7 Å². The number of fused-ring (bicyclic) bond motifs is 1. The summed E-state index contributed by atoms with van der Waals surface area (Å²) in [4.78, 5) is 23.8. The lowest BCUT2D eigenvalue weighted by Crippen LogP contribution is -2.16. The first-order valence-electron chi connectivity index (χ1n) is 6.23. The smallest absolute Gasteiger partial charge is 0.343 e.